The lowest BCUT2D eigenvalue weighted by Gasteiger charge is -2.12. The van der Waals surface area contributed by atoms with Crippen LogP contribution in [-0.4, -0.2) is 4.98 Å². The van der Waals surface area contributed by atoms with E-state index in [1.54, 1.807) is 0 Å². The lowest BCUT2D eigenvalue weighted by atomic mass is 10.0. The molecule has 2 heteroatoms. The Hall–Kier alpha value is -0.790. The molecule has 14 heavy (non-hydrogen) atoms. The molecule has 0 bridgehead atoms. The number of H-pyrrole nitrogens is 1. The third-order valence-corrected chi connectivity index (χ3v) is 2.77. The van der Waals surface area contributed by atoms with Crippen LogP contribution in [0.2, 0.25) is 0 Å². The second-order valence-electron chi connectivity index (χ2n) is 4.00. The summed E-state index contributed by atoms with van der Waals surface area (Å²) in [6.07, 6.45) is 14.1. The first-order valence-corrected chi connectivity index (χ1v) is 5.92. The number of nitrogens with zero attached hydrogens (tertiary/aromatic N) is 1. The van der Waals surface area contributed by atoms with Gasteiger partial charge in [0.05, 0.1) is 0 Å². The number of nitrogens with one attached hydrogen (secondary N) is 1. The molecule has 0 aliphatic heterocycles. The van der Waals surface area contributed by atoms with Gasteiger partial charge in [0.15, 0.2) is 0 Å². The van der Waals surface area contributed by atoms with Gasteiger partial charge in [-0.05, 0) is 25.7 Å². The van der Waals surface area contributed by atoms with Gasteiger partial charge in [0.1, 0.15) is 18.4 Å². The molecule has 0 saturated carbocycles. The molecule has 0 radical (unpaired) electrons. The van der Waals surface area contributed by atoms with E-state index in [4.69, 9.17) is 0 Å². The van der Waals surface area contributed by atoms with Crippen LogP contribution in [0, 0.1) is 0 Å². The van der Waals surface area contributed by atoms with Crippen molar-refractivity contribution in [3.8, 4) is 0 Å². The zero-order chi connectivity index (χ0) is 10.2. The van der Waals surface area contributed by atoms with Crippen molar-refractivity contribution >= 4 is 0 Å². The molecule has 0 amide bonds. The van der Waals surface area contributed by atoms with Crippen molar-refractivity contribution < 1.29 is 4.57 Å². The van der Waals surface area contributed by atoms with E-state index in [1.807, 2.05) is 6.20 Å². The molecule has 0 atom stereocenters. The third-order valence-electron chi connectivity index (χ3n) is 2.77. The van der Waals surface area contributed by atoms with Crippen LogP contribution in [-0.2, 0) is 0 Å². The molecular formula is C12H23N2+. The van der Waals surface area contributed by atoms with Gasteiger partial charge in [0, 0.05) is 0 Å². The van der Waals surface area contributed by atoms with E-state index in [1.165, 1.54) is 38.5 Å². The fourth-order valence-electron chi connectivity index (χ4n) is 1.85. The van der Waals surface area contributed by atoms with Gasteiger partial charge in [-0.1, -0.05) is 26.7 Å². The van der Waals surface area contributed by atoms with Gasteiger partial charge in [-0.3, -0.25) is 4.98 Å². The van der Waals surface area contributed by atoms with Crippen molar-refractivity contribution in [1.29, 1.82) is 0 Å². The normalized spacial score (nSPS) is 11.1. The molecule has 1 N–H and O–H groups in total. The fourth-order valence-corrected chi connectivity index (χ4v) is 1.85. The van der Waals surface area contributed by atoms with Crippen LogP contribution in [0.3, 0.4) is 0 Å². The van der Waals surface area contributed by atoms with Gasteiger partial charge >= 0.3 is 0 Å². The van der Waals surface area contributed by atoms with Crippen molar-refractivity contribution in [2.24, 2.45) is 0 Å². The highest BCUT2D eigenvalue weighted by atomic mass is 15.0. The van der Waals surface area contributed by atoms with Crippen LogP contribution < -0.4 is 4.57 Å². The van der Waals surface area contributed by atoms with Crippen molar-refractivity contribution in [2.75, 3.05) is 0 Å². The maximum Gasteiger partial charge on any atom is 0.241 e. The summed E-state index contributed by atoms with van der Waals surface area (Å²) in [6, 6.07) is 0.709. The molecule has 0 saturated heterocycles. The summed E-state index contributed by atoms with van der Waals surface area (Å²) in [5.74, 6) is 0. The summed E-state index contributed by atoms with van der Waals surface area (Å²) in [5.41, 5.74) is 0. The average Bonchev–Trinajstić information content (AvgIpc) is 2.71. The monoisotopic (exact) mass is 195 g/mol. The lowest BCUT2D eigenvalue weighted by molar-refractivity contribution is -0.723. The summed E-state index contributed by atoms with van der Waals surface area (Å²) >= 11 is 0. The van der Waals surface area contributed by atoms with Gasteiger partial charge in [0.2, 0.25) is 6.33 Å². The summed E-state index contributed by atoms with van der Waals surface area (Å²) in [7, 11) is 0. The molecule has 0 unspecified atom stereocenters. The summed E-state index contributed by atoms with van der Waals surface area (Å²) < 4.78 is 2.32. The van der Waals surface area contributed by atoms with Gasteiger partial charge in [-0.2, -0.15) is 0 Å². The number of hydrogen-bond acceptors (Lipinski definition) is 0. The Bertz CT molecular complexity index is 208. The molecule has 1 aromatic heterocycles. The predicted octanol–water partition coefficient (Wildman–Crippen LogP) is 3.22. The minimum absolute atomic E-state index is 0.709. The summed E-state index contributed by atoms with van der Waals surface area (Å²) in [4.78, 5) is 3.13. The highest BCUT2D eigenvalue weighted by molar-refractivity contribution is 4.60. The minimum Gasteiger partial charge on any atom is -0.250 e. The maximum atomic E-state index is 3.13. The van der Waals surface area contributed by atoms with Crippen LogP contribution in [0.4, 0.5) is 0 Å². The first-order valence-electron chi connectivity index (χ1n) is 5.92. The van der Waals surface area contributed by atoms with Crippen LogP contribution >= 0.6 is 0 Å². The Balaban J connectivity index is 2.44. The van der Waals surface area contributed by atoms with Gasteiger partial charge in [-0.15, -0.1) is 0 Å². The van der Waals surface area contributed by atoms with Crippen LogP contribution in [0.15, 0.2) is 18.7 Å². The number of imidazole rings is 1. The number of rotatable bonds is 7. The second-order valence-corrected chi connectivity index (χ2v) is 4.00. The lowest BCUT2D eigenvalue weighted by Crippen LogP contribution is -2.37. The highest BCUT2D eigenvalue weighted by Crippen LogP contribution is 2.15. The smallest absolute Gasteiger partial charge is 0.241 e. The number of hydrogen-bond donors (Lipinski definition) is 1. The molecule has 0 aromatic carbocycles. The largest absolute Gasteiger partial charge is 0.250 e. The van der Waals surface area contributed by atoms with Gasteiger partial charge < -0.3 is 0 Å². The minimum atomic E-state index is 0.709. The number of unbranched alkanes of at least 4 members (excludes halogenated alkanes) is 2. The molecule has 80 valence electrons. The second kappa shape index (κ2) is 6.63. The standard InChI is InChI=1S/C12H22N2/c1-3-5-7-12(8-6-4-2)14-10-9-13-11-14/h9-12H,3-8H2,1-2H3/p+1. The zero-order valence-corrected chi connectivity index (χ0v) is 9.50. The first-order chi connectivity index (χ1) is 6.88. The third kappa shape index (κ3) is 3.52. The SMILES string of the molecule is CCCCC(CCCC)[n+]1cc[nH]c1. The average molecular weight is 195 g/mol. The quantitative estimate of drug-likeness (QED) is 0.645. The van der Waals surface area contributed by atoms with E-state index in [2.05, 4.69) is 35.9 Å². The summed E-state index contributed by atoms with van der Waals surface area (Å²) in [6.45, 7) is 4.53. The van der Waals surface area contributed by atoms with Crippen molar-refractivity contribution in [1.82, 2.24) is 4.98 Å². The Morgan fingerprint density at radius 1 is 1.14 bits per heavy atom. The Labute approximate surface area is 87.4 Å². The molecule has 0 fully saturated rings. The number of aromatic nitrogens is 2. The predicted molar refractivity (Wildman–Crippen MR) is 59.1 cm³/mol. The van der Waals surface area contributed by atoms with E-state index in [9.17, 15) is 0 Å². The molecule has 2 nitrogen and oxygen atoms in total. The van der Waals surface area contributed by atoms with Crippen molar-refractivity contribution in [3.05, 3.63) is 18.7 Å². The molecule has 0 spiro atoms. The first kappa shape index (κ1) is 11.3. The molecule has 1 aromatic rings. The van der Waals surface area contributed by atoms with Crippen LogP contribution in [0.5, 0.6) is 0 Å². The van der Waals surface area contributed by atoms with Crippen LogP contribution in [0.1, 0.15) is 58.4 Å². The number of aromatic amines is 1. The molecule has 0 aliphatic carbocycles. The van der Waals surface area contributed by atoms with E-state index in [0.29, 0.717) is 6.04 Å². The maximum absolute atomic E-state index is 3.13. The summed E-state index contributed by atoms with van der Waals surface area (Å²) in [5, 5.41) is 0. The highest BCUT2D eigenvalue weighted by Gasteiger charge is 2.13. The Kier molecular flexibility index (Phi) is 5.35. The van der Waals surface area contributed by atoms with E-state index in [0.717, 1.165) is 0 Å². The Morgan fingerprint density at radius 2 is 1.79 bits per heavy atom. The van der Waals surface area contributed by atoms with E-state index in [-0.39, 0.29) is 0 Å². The van der Waals surface area contributed by atoms with E-state index >= 15 is 0 Å². The molecular weight excluding hydrogens is 172 g/mol. The van der Waals surface area contributed by atoms with Crippen molar-refractivity contribution in [3.63, 3.8) is 0 Å². The van der Waals surface area contributed by atoms with Crippen LogP contribution in [0.25, 0.3) is 0 Å². The fraction of sp³-hybridized carbons (Fsp3) is 0.750. The van der Waals surface area contributed by atoms with Gasteiger partial charge in [0.25, 0.3) is 0 Å². The van der Waals surface area contributed by atoms with Crippen molar-refractivity contribution in [2.45, 2.75) is 58.4 Å². The Morgan fingerprint density at radius 3 is 2.21 bits per heavy atom. The molecule has 0 aliphatic rings. The van der Waals surface area contributed by atoms with E-state index < -0.39 is 0 Å². The molecule has 1 heterocycles. The topological polar surface area (TPSA) is 19.7 Å². The molecule has 1 rings (SSSR count). The zero-order valence-electron chi connectivity index (χ0n) is 9.50. The van der Waals surface area contributed by atoms with Gasteiger partial charge in [-0.25, -0.2) is 4.57 Å².